The van der Waals surface area contributed by atoms with Crippen LogP contribution in [0.15, 0.2) is 48.5 Å². The third kappa shape index (κ3) is 3.52. The molecule has 1 aromatic heterocycles. The number of rotatable bonds is 6. The molecule has 0 radical (unpaired) electrons. The highest BCUT2D eigenvalue weighted by atomic mass is 35.5. The number of aromatic nitrogens is 2. The Labute approximate surface area is 165 Å². The maximum atomic E-state index is 12.3. The predicted molar refractivity (Wildman–Crippen MR) is 104 cm³/mol. The molecule has 140 valence electrons. The molecule has 0 fully saturated rings. The SMILES string of the molecule is O=COCc1ccc(Nc2nc(-c3ccccc3Cl)nc3c2C(=O)NC3)cc1. The van der Waals surface area contributed by atoms with E-state index in [2.05, 4.69) is 20.6 Å². The molecule has 2 N–H and O–H groups in total. The van der Waals surface area contributed by atoms with E-state index in [-0.39, 0.29) is 12.5 Å². The number of carbonyl (C=O) groups excluding carboxylic acids is 2. The van der Waals surface area contributed by atoms with Gasteiger partial charge in [-0.05, 0) is 29.8 Å². The van der Waals surface area contributed by atoms with Crippen LogP contribution in [-0.2, 0) is 22.7 Å². The Hall–Kier alpha value is -3.45. The predicted octanol–water partition coefficient (Wildman–Crippen LogP) is 3.46. The Kier molecular flexibility index (Phi) is 4.90. The van der Waals surface area contributed by atoms with E-state index < -0.39 is 0 Å². The lowest BCUT2D eigenvalue weighted by molar-refractivity contribution is -0.129. The molecule has 8 heteroatoms. The molecule has 0 bridgehead atoms. The van der Waals surface area contributed by atoms with Gasteiger partial charge in [0.25, 0.3) is 12.4 Å². The summed E-state index contributed by atoms with van der Waals surface area (Å²) in [5.74, 6) is 0.630. The molecule has 0 atom stereocenters. The third-order valence-corrected chi connectivity index (χ3v) is 4.61. The first-order chi connectivity index (χ1) is 13.7. The van der Waals surface area contributed by atoms with Crippen LogP contribution in [0.2, 0.25) is 5.02 Å². The van der Waals surface area contributed by atoms with Crippen LogP contribution in [0.5, 0.6) is 0 Å². The number of fused-ring (bicyclic) bond motifs is 1. The van der Waals surface area contributed by atoms with Gasteiger partial charge in [0.1, 0.15) is 18.0 Å². The van der Waals surface area contributed by atoms with Crippen LogP contribution < -0.4 is 10.6 Å². The van der Waals surface area contributed by atoms with Gasteiger partial charge < -0.3 is 15.4 Å². The minimum absolute atomic E-state index is 0.200. The van der Waals surface area contributed by atoms with Gasteiger partial charge >= 0.3 is 0 Å². The van der Waals surface area contributed by atoms with Crippen molar-refractivity contribution in [2.75, 3.05) is 5.32 Å². The van der Waals surface area contributed by atoms with Crippen LogP contribution in [0.4, 0.5) is 11.5 Å². The molecule has 0 saturated heterocycles. The normalized spacial score (nSPS) is 12.2. The smallest absolute Gasteiger partial charge is 0.293 e. The molecule has 0 unspecified atom stereocenters. The number of nitrogens with one attached hydrogen (secondary N) is 2. The summed E-state index contributed by atoms with van der Waals surface area (Å²) in [6.07, 6.45) is 0. The Morgan fingerprint density at radius 2 is 1.93 bits per heavy atom. The molecule has 2 heterocycles. The van der Waals surface area contributed by atoms with Crippen molar-refractivity contribution in [2.45, 2.75) is 13.2 Å². The molecular weight excluding hydrogens is 380 g/mol. The van der Waals surface area contributed by atoms with Crippen LogP contribution in [0, 0.1) is 0 Å². The second-order valence-electron chi connectivity index (χ2n) is 6.11. The van der Waals surface area contributed by atoms with Gasteiger partial charge in [-0.1, -0.05) is 35.9 Å². The maximum absolute atomic E-state index is 12.3. The van der Waals surface area contributed by atoms with Crippen molar-refractivity contribution >= 4 is 35.5 Å². The molecule has 0 aliphatic carbocycles. The Balaban J connectivity index is 1.71. The first-order valence-corrected chi connectivity index (χ1v) is 8.88. The second kappa shape index (κ2) is 7.66. The van der Waals surface area contributed by atoms with E-state index in [9.17, 15) is 9.59 Å². The van der Waals surface area contributed by atoms with Gasteiger partial charge in [0.05, 0.1) is 17.3 Å². The number of anilines is 2. The van der Waals surface area contributed by atoms with Crippen LogP contribution in [0.3, 0.4) is 0 Å². The lowest BCUT2D eigenvalue weighted by Crippen LogP contribution is -2.14. The standard InChI is InChI=1S/C20H15ClN4O3/c21-15-4-2-1-3-14(15)18-24-16-9-22-20(27)17(16)19(25-18)23-13-7-5-12(6-8-13)10-28-11-26/h1-8,11H,9-10H2,(H,22,27)(H,23,24,25). The van der Waals surface area contributed by atoms with Crippen molar-refractivity contribution in [2.24, 2.45) is 0 Å². The quantitative estimate of drug-likeness (QED) is 0.622. The Bertz CT molecular complexity index is 1050. The zero-order valence-electron chi connectivity index (χ0n) is 14.6. The molecule has 28 heavy (non-hydrogen) atoms. The highest BCUT2D eigenvalue weighted by Crippen LogP contribution is 2.31. The number of amides is 1. The number of benzene rings is 2. The molecule has 3 aromatic rings. The molecule has 2 aromatic carbocycles. The summed E-state index contributed by atoms with van der Waals surface area (Å²) in [5, 5.41) is 6.49. The molecule has 0 saturated carbocycles. The van der Waals surface area contributed by atoms with Gasteiger partial charge in [-0.2, -0.15) is 0 Å². The van der Waals surface area contributed by atoms with E-state index in [0.29, 0.717) is 46.5 Å². The molecule has 0 spiro atoms. The summed E-state index contributed by atoms with van der Waals surface area (Å²) in [7, 11) is 0. The topological polar surface area (TPSA) is 93.2 Å². The molecule has 1 amide bonds. The summed E-state index contributed by atoms with van der Waals surface area (Å²) in [5.41, 5.74) is 3.31. The van der Waals surface area contributed by atoms with Crippen molar-refractivity contribution in [1.82, 2.24) is 15.3 Å². The fourth-order valence-corrected chi connectivity index (χ4v) is 3.15. The number of ether oxygens (including phenoxy) is 1. The summed E-state index contributed by atoms with van der Waals surface area (Å²) in [4.78, 5) is 31.6. The van der Waals surface area contributed by atoms with Crippen molar-refractivity contribution in [3.8, 4) is 11.4 Å². The molecule has 4 rings (SSSR count). The largest absolute Gasteiger partial charge is 0.463 e. The summed E-state index contributed by atoms with van der Waals surface area (Å²) in [6, 6.07) is 14.6. The van der Waals surface area contributed by atoms with Gasteiger partial charge in [-0.15, -0.1) is 0 Å². The summed E-state index contributed by atoms with van der Waals surface area (Å²) >= 11 is 6.29. The minimum atomic E-state index is -0.223. The monoisotopic (exact) mass is 394 g/mol. The van der Waals surface area contributed by atoms with E-state index in [1.165, 1.54) is 0 Å². The molecular formula is C20H15ClN4O3. The lowest BCUT2D eigenvalue weighted by Gasteiger charge is -2.12. The first-order valence-electron chi connectivity index (χ1n) is 8.51. The number of carbonyl (C=O) groups is 2. The van der Waals surface area contributed by atoms with Crippen LogP contribution in [-0.4, -0.2) is 22.3 Å². The highest BCUT2D eigenvalue weighted by Gasteiger charge is 2.27. The fraction of sp³-hybridized carbons (Fsp3) is 0.100. The first kappa shape index (κ1) is 17.9. The number of halogens is 1. The fourth-order valence-electron chi connectivity index (χ4n) is 2.93. The molecule has 1 aliphatic heterocycles. The van der Waals surface area contributed by atoms with Crippen LogP contribution >= 0.6 is 11.6 Å². The Morgan fingerprint density at radius 3 is 2.68 bits per heavy atom. The molecule has 1 aliphatic rings. The van der Waals surface area contributed by atoms with Crippen molar-refractivity contribution in [3.63, 3.8) is 0 Å². The van der Waals surface area contributed by atoms with Gasteiger partial charge in [-0.3, -0.25) is 9.59 Å². The van der Waals surface area contributed by atoms with Crippen LogP contribution in [0.1, 0.15) is 21.6 Å². The third-order valence-electron chi connectivity index (χ3n) is 4.28. The van der Waals surface area contributed by atoms with Crippen LogP contribution in [0.25, 0.3) is 11.4 Å². The van der Waals surface area contributed by atoms with E-state index in [4.69, 9.17) is 16.3 Å². The van der Waals surface area contributed by atoms with Gasteiger partial charge in [0.15, 0.2) is 5.82 Å². The summed E-state index contributed by atoms with van der Waals surface area (Å²) < 4.78 is 4.74. The van der Waals surface area contributed by atoms with Gasteiger partial charge in [-0.25, -0.2) is 9.97 Å². The van der Waals surface area contributed by atoms with Crippen molar-refractivity contribution in [1.29, 1.82) is 0 Å². The van der Waals surface area contributed by atoms with E-state index >= 15 is 0 Å². The Morgan fingerprint density at radius 1 is 1.14 bits per heavy atom. The molecule has 7 nitrogen and oxygen atoms in total. The van der Waals surface area contributed by atoms with Gasteiger partial charge in [0, 0.05) is 11.3 Å². The zero-order chi connectivity index (χ0) is 19.5. The van der Waals surface area contributed by atoms with Gasteiger partial charge in [0.2, 0.25) is 0 Å². The number of nitrogens with zero attached hydrogens (tertiary/aromatic N) is 2. The lowest BCUT2D eigenvalue weighted by atomic mass is 10.1. The second-order valence-corrected chi connectivity index (χ2v) is 6.52. The average Bonchev–Trinajstić information content (AvgIpc) is 3.09. The highest BCUT2D eigenvalue weighted by molar-refractivity contribution is 6.33. The minimum Gasteiger partial charge on any atom is -0.463 e. The maximum Gasteiger partial charge on any atom is 0.293 e. The summed E-state index contributed by atoms with van der Waals surface area (Å²) in [6.45, 7) is 0.946. The zero-order valence-corrected chi connectivity index (χ0v) is 15.4. The van der Waals surface area contributed by atoms with E-state index in [1.807, 2.05) is 42.5 Å². The van der Waals surface area contributed by atoms with Crippen molar-refractivity contribution in [3.05, 3.63) is 70.4 Å². The van der Waals surface area contributed by atoms with Crippen molar-refractivity contribution < 1.29 is 14.3 Å². The van der Waals surface area contributed by atoms with E-state index in [0.717, 1.165) is 11.3 Å². The number of hydrogen-bond acceptors (Lipinski definition) is 6. The van der Waals surface area contributed by atoms with E-state index in [1.54, 1.807) is 6.07 Å². The average molecular weight is 395 g/mol. The number of hydrogen-bond donors (Lipinski definition) is 2.